The van der Waals surface area contributed by atoms with Gasteiger partial charge < -0.3 is 14.5 Å². The standard InChI is InChI=1S/C24H29ClF3N3OS/c25-8-16-32-17-15-30-13-11-29(12-14-30)9-3-10-31-20-4-1-2-5-22(20)33-23-7-6-19(18-21(23)31)24(26,27)28/h1-2,4-7,18H,3,8-17H2. The van der Waals surface area contributed by atoms with Crippen molar-refractivity contribution < 1.29 is 17.9 Å². The van der Waals surface area contributed by atoms with Crippen LogP contribution in [-0.4, -0.2) is 74.7 Å². The smallest absolute Gasteiger partial charge is 0.379 e. The zero-order chi connectivity index (χ0) is 23.3. The first-order valence-corrected chi connectivity index (χ1v) is 12.6. The number of rotatable bonds is 9. The van der Waals surface area contributed by atoms with Crippen molar-refractivity contribution in [3.8, 4) is 0 Å². The van der Waals surface area contributed by atoms with Crippen molar-refractivity contribution in [2.45, 2.75) is 22.4 Å². The summed E-state index contributed by atoms with van der Waals surface area (Å²) < 4.78 is 45.6. The molecule has 180 valence electrons. The molecule has 4 nitrogen and oxygen atoms in total. The molecular formula is C24H29ClF3N3OS. The molecule has 1 saturated heterocycles. The minimum atomic E-state index is -4.35. The highest BCUT2D eigenvalue weighted by Gasteiger charge is 2.33. The maximum absolute atomic E-state index is 13.4. The van der Waals surface area contributed by atoms with E-state index in [1.807, 2.05) is 24.3 Å². The molecule has 33 heavy (non-hydrogen) atoms. The van der Waals surface area contributed by atoms with Crippen LogP contribution in [0.4, 0.5) is 24.5 Å². The molecule has 2 aliphatic rings. The Hall–Kier alpha value is -1.45. The number of hydrogen-bond acceptors (Lipinski definition) is 5. The van der Waals surface area contributed by atoms with E-state index in [1.165, 1.54) is 23.9 Å². The summed E-state index contributed by atoms with van der Waals surface area (Å²) in [5, 5.41) is 0. The van der Waals surface area contributed by atoms with Gasteiger partial charge in [0.25, 0.3) is 0 Å². The minimum absolute atomic E-state index is 0.524. The fourth-order valence-corrected chi connectivity index (χ4v) is 5.47. The number of para-hydroxylation sites is 1. The summed E-state index contributed by atoms with van der Waals surface area (Å²) in [4.78, 5) is 8.84. The number of halogens is 4. The summed E-state index contributed by atoms with van der Waals surface area (Å²) in [5.74, 6) is 0.524. The van der Waals surface area contributed by atoms with Gasteiger partial charge in [0, 0.05) is 54.9 Å². The molecule has 0 atom stereocenters. The SMILES string of the molecule is FC(F)(F)c1ccc2c(c1)N(CCCN1CCN(CCOCCCl)CC1)c1ccccc1S2. The Labute approximate surface area is 202 Å². The minimum Gasteiger partial charge on any atom is -0.379 e. The van der Waals surface area contributed by atoms with Gasteiger partial charge in [-0.2, -0.15) is 13.2 Å². The molecule has 2 aromatic rings. The molecule has 4 rings (SSSR count). The molecule has 0 bridgehead atoms. The Balaban J connectivity index is 1.36. The van der Waals surface area contributed by atoms with Gasteiger partial charge in [-0.15, -0.1) is 11.6 Å². The summed E-state index contributed by atoms with van der Waals surface area (Å²) in [5.41, 5.74) is 1.03. The fraction of sp³-hybridized carbons (Fsp3) is 0.500. The number of anilines is 2. The molecule has 0 aromatic heterocycles. The van der Waals surface area contributed by atoms with E-state index in [4.69, 9.17) is 16.3 Å². The van der Waals surface area contributed by atoms with Gasteiger partial charge in [-0.05, 0) is 43.3 Å². The number of nitrogens with zero attached hydrogens (tertiary/aromatic N) is 3. The summed E-state index contributed by atoms with van der Waals surface area (Å²) in [7, 11) is 0. The lowest BCUT2D eigenvalue weighted by Gasteiger charge is -2.36. The Morgan fingerprint density at radius 1 is 0.848 bits per heavy atom. The number of hydrogen-bond donors (Lipinski definition) is 0. The topological polar surface area (TPSA) is 19.0 Å². The molecule has 0 spiro atoms. The lowest BCUT2D eigenvalue weighted by Crippen LogP contribution is -2.47. The summed E-state index contributed by atoms with van der Waals surface area (Å²) >= 11 is 7.16. The van der Waals surface area contributed by atoms with Gasteiger partial charge in [0.1, 0.15) is 0 Å². The number of benzene rings is 2. The van der Waals surface area contributed by atoms with Crippen molar-refractivity contribution in [1.29, 1.82) is 0 Å². The van der Waals surface area contributed by atoms with Gasteiger partial charge in [-0.25, -0.2) is 0 Å². The zero-order valence-electron chi connectivity index (χ0n) is 18.5. The second kappa shape index (κ2) is 11.3. The molecular weight excluding hydrogens is 471 g/mol. The third kappa shape index (κ3) is 6.36. The molecule has 0 unspecified atom stereocenters. The second-order valence-electron chi connectivity index (χ2n) is 8.24. The maximum Gasteiger partial charge on any atom is 0.416 e. The third-order valence-corrected chi connectivity index (χ3v) is 7.33. The van der Waals surface area contributed by atoms with Crippen molar-refractivity contribution in [2.75, 3.05) is 69.8 Å². The zero-order valence-corrected chi connectivity index (χ0v) is 20.1. The van der Waals surface area contributed by atoms with E-state index < -0.39 is 11.7 Å². The van der Waals surface area contributed by atoms with Crippen LogP contribution in [0.1, 0.15) is 12.0 Å². The monoisotopic (exact) mass is 499 g/mol. The largest absolute Gasteiger partial charge is 0.416 e. The Morgan fingerprint density at radius 2 is 1.55 bits per heavy atom. The highest BCUT2D eigenvalue weighted by Crippen LogP contribution is 2.49. The predicted molar refractivity (Wildman–Crippen MR) is 128 cm³/mol. The molecule has 2 aliphatic heterocycles. The van der Waals surface area contributed by atoms with E-state index in [9.17, 15) is 13.2 Å². The molecule has 0 amide bonds. The van der Waals surface area contributed by atoms with Crippen LogP contribution in [0, 0.1) is 0 Å². The van der Waals surface area contributed by atoms with Crippen molar-refractivity contribution in [3.05, 3.63) is 48.0 Å². The van der Waals surface area contributed by atoms with E-state index in [0.29, 0.717) is 31.3 Å². The predicted octanol–water partition coefficient (Wildman–Crippen LogP) is 5.57. The van der Waals surface area contributed by atoms with Crippen LogP contribution in [0.15, 0.2) is 52.3 Å². The van der Waals surface area contributed by atoms with E-state index >= 15 is 0 Å². The molecule has 0 N–H and O–H groups in total. The maximum atomic E-state index is 13.4. The molecule has 0 aliphatic carbocycles. The molecule has 2 aromatic carbocycles. The fourth-order valence-electron chi connectivity index (χ4n) is 4.29. The first kappa shape index (κ1) is 24.7. The highest BCUT2D eigenvalue weighted by atomic mass is 35.5. The average Bonchev–Trinajstić information content (AvgIpc) is 2.81. The van der Waals surface area contributed by atoms with E-state index in [0.717, 1.165) is 61.2 Å². The van der Waals surface area contributed by atoms with Crippen LogP contribution in [0.2, 0.25) is 0 Å². The van der Waals surface area contributed by atoms with E-state index in [1.54, 1.807) is 6.07 Å². The van der Waals surface area contributed by atoms with Crippen molar-refractivity contribution in [2.24, 2.45) is 0 Å². The van der Waals surface area contributed by atoms with Crippen LogP contribution in [-0.2, 0) is 10.9 Å². The van der Waals surface area contributed by atoms with Gasteiger partial charge >= 0.3 is 6.18 Å². The van der Waals surface area contributed by atoms with Crippen LogP contribution < -0.4 is 4.90 Å². The van der Waals surface area contributed by atoms with Gasteiger partial charge in [0.2, 0.25) is 0 Å². The number of alkyl halides is 4. The average molecular weight is 500 g/mol. The first-order valence-electron chi connectivity index (χ1n) is 11.3. The van der Waals surface area contributed by atoms with Crippen LogP contribution in [0.5, 0.6) is 0 Å². The Kier molecular flexibility index (Phi) is 8.46. The van der Waals surface area contributed by atoms with Gasteiger partial charge in [0.05, 0.1) is 30.2 Å². The second-order valence-corrected chi connectivity index (χ2v) is 9.70. The number of ether oxygens (including phenoxy) is 1. The quantitative estimate of drug-likeness (QED) is 0.331. The summed E-state index contributed by atoms with van der Waals surface area (Å²) in [6.07, 6.45) is -3.47. The molecule has 9 heteroatoms. The lowest BCUT2D eigenvalue weighted by molar-refractivity contribution is -0.137. The van der Waals surface area contributed by atoms with Crippen LogP contribution in [0.3, 0.4) is 0 Å². The van der Waals surface area contributed by atoms with Gasteiger partial charge in [-0.1, -0.05) is 23.9 Å². The molecule has 2 heterocycles. The van der Waals surface area contributed by atoms with Gasteiger partial charge in [0.15, 0.2) is 0 Å². The van der Waals surface area contributed by atoms with Crippen molar-refractivity contribution in [1.82, 2.24) is 9.80 Å². The molecule has 0 radical (unpaired) electrons. The normalized spacial score (nSPS) is 17.2. The summed E-state index contributed by atoms with van der Waals surface area (Å²) in [6, 6.07) is 12.0. The Morgan fingerprint density at radius 3 is 2.27 bits per heavy atom. The van der Waals surface area contributed by atoms with Crippen molar-refractivity contribution >= 4 is 34.7 Å². The summed E-state index contributed by atoms with van der Waals surface area (Å²) in [6.45, 7) is 7.83. The Bertz CT molecular complexity index is 922. The highest BCUT2D eigenvalue weighted by molar-refractivity contribution is 7.99. The number of fused-ring (bicyclic) bond motifs is 2. The third-order valence-electron chi connectivity index (χ3n) is 6.05. The van der Waals surface area contributed by atoms with Crippen molar-refractivity contribution in [3.63, 3.8) is 0 Å². The van der Waals surface area contributed by atoms with E-state index in [-0.39, 0.29) is 0 Å². The molecule has 0 saturated carbocycles. The van der Waals surface area contributed by atoms with E-state index in [2.05, 4.69) is 14.7 Å². The first-order chi connectivity index (χ1) is 16.0. The lowest BCUT2D eigenvalue weighted by atomic mass is 10.1. The molecule has 1 fully saturated rings. The van der Waals surface area contributed by atoms with Gasteiger partial charge in [-0.3, -0.25) is 4.90 Å². The number of piperazine rings is 1. The van der Waals surface area contributed by atoms with Crippen LogP contribution in [0.25, 0.3) is 0 Å². The van der Waals surface area contributed by atoms with Crippen LogP contribution >= 0.6 is 23.4 Å².